The third kappa shape index (κ3) is 3.89. The molecule has 0 radical (unpaired) electrons. The lowest BCUT2D eigenvalue weighted by Crippen LogP contribution is -2.42. The summed E-state index contributed by atoms with van der Waals surface area (Å²) in [6.07, 6.45) is 8.77. The molecule has 1 heterocycles. The Bertz CT molecular complexity index is 380. The minimum atomic E-state index is -0.775. The number of aliphatic carboxylic acids is 1. The highest BCUT2D eigenvalue weighted by molar-refractivity contribution is 5.79. The molecule has 0 aromatic rings. The van der Waals surface area contributed by atoms with Gasteiger partial charge >= 0.3 is 12.0 Å². The smallest absolute Gasteiger partial charge is 0.317 e. The van der Waals surface area contributed by atoms with Crippen LogP contribution >= 0.6 is 0 Å². The molecule has 2 N–H and O–H groups in total. The molecule has 2 amide bonds. The van der Waals surface area contributed by atoms with Gasteiger partial charge in [0.1, 0.15) is 0 Å². The van der Waals surface area contributed by atoms with Gasteiger partial charge in [-0.05, 0) is 25.2 Å². The van der Waals surface area contributed by atoms with Gasteiger partial charge in [-0.2, -0.15) is 0 Å². The van der Waals surface area contributed by atoms with Crippen molar-refractivity contribution in [3.63, 3.8) is 0 Å². The van der Waals surface area contributed by atoms with Gasteiger partial charge in [0.15, 0.2) is 0 Å². The summed E-state index contributed by atoms with van der Waals surface area (Å²) in [6, 6.07) is -0.0950. The number of carboxylic acids is 1. The van der Waals surface area contributed by atoms with Crippen LogP contribution in [0.25, 0.3) is 0 Å². The number of carbonyl (C=O) groups is 2. The zero-order valence-electron chi connectivity index (χ0n) is 13.1. The lowest BCUT2D eigenvalue weighted by Gasteiger charge is -2.24. The molecule has 2 fully saturated rings. The maximum atomic E-state index is 12.1. The molecule has 5 nitrogen and oxygen atoms in total. The van der Waals surface area contributed by atoms with E-state index in [1.807, 2.05) is 6.92 Å². The number of amides is 2. The van der Waals surface area contributed by atoms with Crippen LogP contribution in [-0.4, -0.2) is 41.6 Å². The molecule has 1 aliphatic heterocycles. The fourth-order valence-electron chi connectivity index (χ4n) is 3.63. The Morgan fingerprint density at radius 3 is 2.57 bits per heavy atom. The predicted molar refractivity (Wildman–Crippen MR) is 81.1 cm³/mol. The van der Waals surface area contributed by atoms with Crippen molar-refractivity contribution < 1.29 is 14.7 Å². The summed E-state index contributed by atoms with van der Waals surface area (Å²) in [5, 5.41) is 12.3. The van der Waals surface area contributed by atoms with Gasteiger partial charge < -0.3 is 15.3 Å². The summed E-state index contributed by atoms with van der Waals surface area (Å²) >= 11 is 0. The molecule has 120 valence electrons. The second kappa shape index (κ2) is 7.14. The van der Waals surface area contributed by atoms with E-state index in [9.17, 15) is 14.7 Å². The Morgan fingerprint density at radius 2 is 2.00 bits per heavy atom. The highest BCUT2D eigenvalue weighted by Gasteiger charge is 2.44. The van der Waals surface area contributed by atoms with Crippen molar-refractivity contribution in [2.24, 2.45) is 11.3 Å². The van der Waals surface area contributed by atoms with Gasteiger partial charge in [0.2, 0.25) is 0 Å². The molecule has 0 spiro atoms. The van der Waals surface area contributed by atoms with Crippen molar-refractivity contribution in [3.8, 4) is 0 Å². The molecule has 1 aliphatic carbocycles. The number of carboxylic acid groups (broad SMARTS) is 1. The van der Waals surface area contributed by atoms with Gasteiger partial charge in [-0.25, -0.2) is 4.79 Å². The minimum Gasteiger partial charge on any atom is -0.481 e. The zero-order valence-corrected chi connectivity index (χ0v) is 13.1. The Hall–Kier alpha value is -1.26. The Kier molecular flexibility index (Phi) is 5.48. The van der Waals surface area contributed by atoms with Crippen molar-refractivity contribution in [2.75, 3.05) is 19.6 Å². The third-order valence-electron chi connectivity index (χ3n) is 5.33. The summed E-state index contributed by atoms with van der Waals surface area (Å²) in [6.45, 7) is 3.49. The summed E-state index contributed by atoms with van der Waals surface area (Å²) in [4.78, 5) is 25.2. The van der Waals surface area contributed by atoms with E-state index in [2.05, 4.69) is 5.32 Å². The normalized spacial score (nSPS) is 26.8. The fourth-order valence-corrected chi connectivity index (χ4v) is 3.63. The monoisotopic (exact) mass is 296 g/mol. The number of likely N-dealkylation sites (tertiary alicyclic amines) is 1. The van der Waals surface area contributed by atoms with Gasteiger partial charge in [-0.1, -0.05) is 39.0 Å². The first-order valence-electron chi connectivity index (χ1n) is 8.33. The molecular weight excluding hydrogens is 268 g/mol. The first-order chi connectivity index (χ1) is 10.1. The van der Waals surface area contributed by atoms with Gasteiger partial charge in [0.05, 0.1) is 5.41 Å². The third-order valence-corrected chi connectivity index (χ3v) is 5.33. The van der Waals surface area contributed by atoms with Crippen LogP contribution in [-0.2, 0) is 4.79 Å². The maximum Gasteiger partial charge on any atom is 0.317 e. The summed E-state index contributed by atoms with van der Waals surface area (Å²) in [7, 11) is 0. The quantitative estimate of drug-likeness (QED) is 0.819. The number of hydrogen-bond acceptors (Lipinski definition) is 2. The van der Waals surface area contributed by atoms with Crippen LogP contribution in [0.2, 0.25) is 0 Å². The molecule has 5 heteroatoms. The Labute approximate surface area is 127 Å². The van der Waals surface area contributed by atoms with E-state index in [-0.39, 0.29) is 6.03 Å². The van der Waals surface area contributed by atoms with E-state index >= 15 is 0 Å². The highest BCUT2D eigenvalue weighted by Crippen LogP contribution is 2.34. The minimum absolute atomic E-state index is 0.0950. The van der Waals surface area contributed by atoms with Gasteiger partial charge in [-0.15, -0.1) is 0 Å². The average Bonchev–Trinajstić information content (AvgIpc) is 2.94. The highest BCUT2D eigenvalue weighted by atomic mass is 16.4. The Morgan fingerprint density at radius 1 is 1.29 bits per heavy atom. The molecule has 2 rings (SSSR count). The van der Waals surface area contributed by atoms with E-state index in [0.717, 1.165) is 12.3 Å². The van der Waals surface area contributed by atoms with Gasteiger partial charge in [0, 0.05) is 19.6 Å². The van der Waals surface area contributed by atoms with Crippen LogP contribution in [0, 0.1) is 11.3 Å². The van der Waals surface area contributed by atoms with Crippen LogP contribution in [0.5, 0.6) is 0 Å². The zero-order chi connectivity index (χ0) is 15.3. The Balaban J connectivity index is 1.73. The van der Waals surface area contributed by atoms with E-state index in [0.29, 0.717) is 32.5 Å². The second-order valence-electron chi connectivity index (χ2n) is 6.64. The fraction of sp³-hybridized carbons (Fsp3) is 0.875. The molecule has 1 saturated heterocycles. The molecule has 1 atom stereocenters. The first-order valence-corrected chi connectivity index (χ1v) is 8.33. The number of nitrogens with zero attached hydrogens (tertiary/aromatic N) is 1. The van der Waals surface area contributed by atoms with Gasteiger partial charge in [-0.3, -0.25) is 4.79 Å². The second-order valence-corrected chi connectivity index (χ2v) is 6.64. The number of nitrogens with one attached hydrogen (secondary N) is 1. The average molecular weight is 296 g/mol. The van der Waals surface area contributed by atoms with E-state index in [4.69, 9.17) is 0 Å². The molecule has 0 aromatic carbocycles. The summed E-state index contributed by atoms with van der Waals surface area (Å²) in [5.74, 6) is -0.0196. The molecular formula is C16H28N2O3. The van der Waals surface area contributed by atoms with Crippen LogP contribution in [0.4, 0.5) is 4.79 Å². The molecule has 21 heavy (non-hydrogen) atoms. The molecule has 0 aromatic heterocycles. The lowest BCUT2D eigenvalue weighted by atomic mass is 9.84. The van der Waals surface area contributed by atoms with E-state index in [1.54, 1.807) is 4.90 Å². The van der Waals surface area contributed by atoms with E-state index in [1.165, 1.54) is 32.1 Å². The van der Waals surface area contributed by atoms with Crippen molar-refractivity contribution in [1.82, 2.24) is 10.2 Å². The number of urea groups is 1. The number of rotatable bonds is 5. The van der Waals surface area contributed by atoms with Gasteiger partial charge in [0.25, 0.3) is 0 Å². The van der Waals surface area contributed by atoms with E-state index < -0.39 is 11.4 Å². The predicted octanol–water partition coefficient (Wildman–Crippen LogP) is 2.85. The standard InChI is InChI=1S/C16H28N2O3/c1-2-16(14(19)20)9-11-18(12-16)15(21)17-10-8-13-6-4-3-5-7-13/h13H,2-12H2,1H3,(H,17,21)(H,19,20). The van der Waals surface area contributed by atoms with Crippen molar-refractivity contribution >= 4 is 12.0 Å². The number of hydrogen-bond donors (Lipinski definition) is 2. The topological polar surface area (TPSA) is 69.6 Å². The number of carbonyl (C=O) groups excluding carboxylic acids is 1. The molecule has 1 saturated carbocycles. The van der Waals surface area contributed by atoms with Crippen LogP contribution in [0.15, 0.2) is 0 Å². The summed E-state index contributed by atoms with van der Waals surface area (Å²) < 4.78 is 0. The van der Waals surface area contributed by atoms with Crippen LogP contribution in [0.1, 0.15) is 58.3 Å². The summed E-state index contributed by atoms with van der Waals surface area (Å²) in [5.41, 5.74) is -0.735. The first kappa shape index (κ1) is 16.1. The van der Waals surface area contributed by atoms with Crippen LogP contribution in [0.3, 0.4) is 0 Å². The largest absolute Gasteiger partial charge is 0.481 e. The molecule has 0 bridgehead atoms. The van der Waals surface area contributed by atoms with Crippen LogP contribution < -0.4 is 5.32 Å². The van der Waals surface area contributed by atoms with Crippen molar-refractivity contribution in [1.29, 1.82) is 0 Å². The lowest BCUT2D eigenvalue weighted by molar-refractivity contribution is -0.148. The maximum absolute atomic E-state index is 12.1. The molecule has 2 aliphatic rings. The van der Waals surface area contributed by atoms with Crippen molar-refractivity contribution in [2.45, 2.75) is 58.3 Å². The molecule has 1 unspecified atom stereocenters. The SMILES string of the molecule is CCC1(C(=O)O)CCN(C(=O)NCCC2CCCCC2)C1. The van der Waals surface area contributed by atoms with Crippen molar-refractivity contribution in [3.05, 3.63) is 0 Å².